The molecule has 10 heteroatoms. The monoisotopic (exact) mass is 430 g/mol. The number of imidazole rings is 1. The average Bonchev–Trinajstić information content (AvgIpc) is 3.06. The summed E-state index contributed by atoms with van der Waals surface area (Å²) in [6.45, 7) is 3.15. The fraction of sp³-hybridized carbons (Fsp3) is 0.400. The lowest BCUT2D eigenvalue weighted by molar-refractivity contribution is -0.304. The summed E-state index contributed by atoms with van der Waals surface area (Å²) in [7, 11) is 1.54. The van der Waals surface area contributed by atoms with Crippen molar-refractivity contribution >= 4 is 34.7 Å². The molecule has 9 nitrogen and oxygen atoms in total. The summed E-state index contributed by atoms with van der Waals surface area (Å²) in [6, 6.07) is 8.01. The lowest BCUT2D eigenvalue weighted by atomic mass is 10.2. The van der Waals surface area contributed by atoms with Crippen LogP contribution in [-0.4, -0.2) is 45.0 Å². The van der Waals surface area contributed by atoms with E-state index in [1.54, 1.807) is 17.8 Å². The first-order valence-electron chi connectivity index (χ1n) is 9.64. The number of aliphatic carboxylic acids is 1. The maximum absolute atomic E-state index is 10.8. The van der Waals surface area contributed by atoms with Gasteiger partial charge in [-0.05, 0) is 24.1 Å². The Hall–Kier alpha value is -3.01. The molecule has 0 spiro atoms. The van der Waals surface area contributed by atoms with Crippen LogP contribution in [0.4, 0.5) is 5.82 Å². The van der Waals surface area contributed by atoms with Crippen LogP contribution in [-0.2, 0) is 17.8 Å². The molecule has 0 amide bonds. The number of carbonyl (C=O) groups excluding carboxylic acids is 1. The van der Waals surface area contributed by atoms with Crippen molar-refractivity contribution in [3.63, 3.8) is 0 Å². The molecule has 0 aliphatic heterocycles. The second-order valence-electron chi connectivity index (χ2n) is 6.56. The SMILES string of the molecule is CCCCOc1nc(N)c2nc(OC)n(CCSc3cccc(CC(=O)[O-])c3)c2n1. The van der Waals surface area contributed by atoms with Gasteiger partial charge >= 0.3 is 6.01 Å². The molecule has 1 aromatic carbocycles. The lowest BCUT2D eigenvalue weighted by Crippen LogP contribution is -2.24. The highest BCUT2D eigenvalue weighted by atomic mass is 32.2. The number of carboxylic acids is 1. The van der Waals surface area contributed by atoms with Gasteiger partial charge in [0, 0.05) is 29.6 Å². The maximum atomic E-state index is 10.8. The molecule has 2 N–H and O–H groups in total. The van der Waals surface area contributed by atoms with Crippen LogP contribution in [0.2, 0.25) is 0 Å². The number of rotatable bonds is 11. The second-order valence-corrected chi connectivity index (χ2v) is 7.73. The maximum Gasteiger partial charge on any atom is 0.320 e. The number of methoxy groups -OCH3 is 1. The van der Waals surface area contributed by atoms with E-state index in [0.29, 0.717) is 41.6 Å². The molecule has 0 atom stereocenters. The van der Waals surface area contributed by atoms with Gasteiger partial charge in [-0.1, -0.05) is 25.5 Å². The van der Waals surface area contributed by atoms with E-state index in [9.17, 15) is 9.90 Å². The van der Waals surface area contributed by atoms with Gasteiger partial charge in [0.1, 0.15) is 0 Å². The van der Waals surface area contributed by atoms with Crippen LogP contribution in [0.25, 0.3) is 11.2 Å². The number of nitrogens with two attached hydrogens (primary N) is 1. The molecule has 160 valence electrons. The Balaban J connectivity index is 1.76. The van der Waals surface area contributed by atoms with Gasteiger partial charge in [0.2, 0.25) is 0 Å². The van der Waals surface area contributed by atoms with Crippen molar-refractivity contribution in [2.75, 3.05) is 25.2 Å². The number of thioether (sulfide) groups is 1. The highest BCUT2D eigenvalue weighted by Crippen LogP contribution is 2.27. The van der Waals surface area contributed by atoms with Crippen LogP contribution in [0, 0.1) is 0 Å². The van der Waals surface area contributed by atoms with Crippen LogP contribution in [0.5, 0.6) is 12.0 Å². The number of hydrogen-bond acceptors (Lipinski definition) is 9. The third-order valence-corrected chi connectivity index (χ3v) is 5.28. The number of ether oxygens (including phenoxy) is 2. The standard InChI is InChI=1S/C20H25N5O4S/c1-3-4-9-29-19-23-17(21)16-18(24-19)25(20(22-16)28-2)8-10-30-14-7-5-6-13(11-14)12-15(26)27/h5-7,11H,3-4,8-10,12H2,1-2H3,(H,26,27)(H2,21,23,24)/p-1. The zero-order valence-corrected chi connectivity index (χ0v) is 17.8. The highest BCUT2D eigenvalue weighted by Gasteiger charge is 2.18. The number of aryl methyl sites for hydroxylation is 1. The third-order valence-electron chi connectivity index (χ3n) is 4.31. The molecule has 0 unspecified atom stereocenters. The Labute approximate surface area is 178 Å². The Bertz CT molecular complexity index is 1020. The summed E-state index contributed by atoms with van der Waals surface area (Å²) >= 11 is 1.59. The minimum absolute atomic E-state index is 0.106. The molecule has 0 radical (unpaired) electrons. The lowest BCUT2D eigenvalue weighted by Gasteiger charge is -2.09. The molecule has 0 aliphatic rings. The number of nitrogens with zero attached hydrogens (tertiary/aromatic N) is 4. The summed E-state index contributed by atoms with van der Waals surface area (Å²) < 4.78 is 12.8. The van der Waals surface area contributed by atoms with Gasteiger partial charge in [0.25, 0.3) is 6.01 Å². The number of benzene rings is 1. The highest BCUT2D eigenvalue weighted by molar-refractivity contribution is 7.99. The largest absolute Gasteiger partial charge is 0.550 e. The van der Waals surface area contributed by atoms with Crippen molar-refractivity contribution < 1.29 is 19.4 Å². The second kappa shape index (κ2) is 10.1. The van der Waals surface area contributed by atoms with Gasteiger partial charge in [-0.15, -0.1) is 11.8 Å². The van der Waals surface area contributed by atoms with Crippen LogP contribution in [0.15, 0.2) is 29.2 Å². The summed E-state index contributed by atoms with van der Waals surface area (Å²) in [6.07, 6.45) is 1.80. The van der Waals surface area contributed by atoms with E-state index < -0.39 is 5.97 Å². The minimum Gasteiger partial charge on any atom is -0.550 e. The minimum atomic E-state index is -1.10. The Morgan fingerprint density at radius 1 is 1.30 bits per heavy atom. The topological polar surface area (TPSA) is 128 Å². The van der Waals surface area contributed by atoms with Crippen LogP contribution in [0.1, 0.15) is 25.3 Å². The molecule has 0 fully saturated rings. The predicted molar refractivity (Wildman–Crippen MR) is 113 cm³/mol. The molecule has 0 bridgehead atoms. The average molecular weight is 431 g/mol. The quantitative estimate of drug-likeness (QED) is 0.357. The van der Waals surface area contributed by atoms with Gasteiger partial charge in [-0.25, -0.2) is 0 Å². The zero-order valence-electron chi connectivity index (χ0n) is 17.0. The fourth-order valence-corrected chi connectivity index (χ4v) is 3.80. The summed E-state index contributed by atoms with van der Waals surface area (Å²) in [5.74, 6) is -0.167. The normalized spacial score (nSPS) is 11.0. The molecular weight excluding hydrogens is 406 g/mol. The van der Waals surface area contributed by atoms with E-state index in [2.05, 4.69) is 21.9 Å². The van der Waals surface area contributed by atoms with Gasteiger partial charge in [-0.3, -0.25) is 4.57 Å². The number of fused-ring (bicyclic) bond motifs is 1. The van der Waals surface area contributed by atoms with Crippen molar-refractivity contribution in [3.8, 4) is 12.0 Å². The molecule has 30 heavy (non-hydrogen) atoms. The summed E-state index contributed by atoms with van der Waals surface area (Å²) in [5.41, 5.74) is 7.78. The third kappa shape index (κ3) is 5.32. The smallest absolute Gasteiger partial charge is 0.320 e. The molecule has 3 rings (SSSR count). The van der Waals surface area contributed by atoms with Gasteiger partial charge in [-0.2, -0.15) is 15.0 Å². The van der Waals surface area contributed by atoms with Crippen LogP contribution in [0.3, 0.4) is 0 Å². The first-order chi connectivity index (χ1) is 14.5. The fourth-order valence-electron chi connectivity index (χ4n) is 2.88. The van der Waals surface area contributed by atoms with Gasteiger partial charge in [0.15, 0.2) is 17.0 Å². The summed E-state index contributed by atoms with van der Waals surface area (Å²) in [4.78, 5) is 24.8. The Morgan fingerprint density at radius 3 is 2.87 bits per heavy atom. The number of nitrogen functional groups attached to an aromatic ring is 1. The van der Waals surface area contributed by atoms with E-state index in [-0.39, 0.29) is 18.2 Å². The Morgan fingerprint density at radius 2 is 2.13 bits per heavy atom. The van der Waals surface area contributed by atoms with Crippen molar-refractivity contribution in [2.45, 2.75) is 37.6 Å². The van der Waals surface area contributed by atoms with Crippen molar-refractivity contribution in [1.29, 1.82) is 0 Å². The number of unbranched alkanes of at least 4 members (excludes halogenated alkanes) is 1. The van der Waals surface area contributed by atoms with Gasteiger partial charge in [0.05, 0.1) is 13.7 Å². The van der Waals surface area contributed by atoms with E-state index in [1.165, 1.54) is 7.11 Å². The molecule has 2 aromatic heterocycles. The number of carbonyl (C=O) groups is 1. The van der Waals surface area contributed by atoms with Crippen molar-refractivity contribution in [2.24, 2.45) is 0 Å². The van der Waals surface area contributed by atoms with Crippen LogP contribution < -0.4 is 20.3 Å². The van der Waals surface area contributed by atoms with E-state index >= 15 is 0 Å². The molecule has 0 saturated heterocycles. The molecule has 0 saturated carbocycles. The first-order valence-corrected chi connectivity index (χ1v) is 10.6. The Kier molecular flexibility index (Phi) is 7.34. The number of anilines is 1. The van der Waals surface area contributed by atoms with Crippen LogP contribution >= 0.6 is 11.8 Å². The van der Waals surface area contributed by atoms with Crippen molar-refractivity contribution in [3.05, 3.63) is 29.8 Å². The molecule has 2 heterocycles. The first kappa shape index (κ1) is 21.7. The van der Waals surface area contributed by atoms with Gasteiger partial charge < -0.3 is 25.1 Å². The van der Waals surface area contributed by atoms with E-state index in [4.69, 9.17) is 15.2 Å². The summed E-state index contributed by atoms with van der Waals surface area (Å²) in [5, 5.41) is 10.8. The van der Waals surface area contributed by atoms with Crippen molar-refractivity contribution in [1.82, 2.24) is 19.5 Å². The number of hydrogen-bond donors (Lipinski definition) is 1. The zero-order chi connectivity index (χ0) is 21.5. The molecular formula is C20H24N5O4S-. The molecule has 3 aromatic rings. The number of carboxylic acid groups (broad SMARTS) is 1. The van der Waals surface area contributed by atoms with E-state index in [0.717, 1.165) is 17.7 Å². The molecule has 0 aliphatic carbocycles. The predicted octanol–water partition coefficient (Wildman–Crippen LogP) is 1.68. The number of aromatic nitrogens is 4. The van der Waals surface area contributed by atoms with E-state index in [1.807, 2.05) is 22.8 Å².